The number of rotatable bonds is 3. The molecule has 0 atom stereocenters. The summed E-state index contributed by atoms with van der Waals surface area (Å²) in [5.74, 6) is -0.439. The van der Waals surface area contributed by atoms with Gasteiger partial charge in [0.05, 0.1) is 15.9 Å². The molecular weight excluding hydrogens is 456 g/mol. The van der Waals surface area contributed by atoms with E-state index in [1.165, 1.54) is 17.4 Å². The molecule has 2 aromatic carbocycles. The second-order valence-electron chi connectivity index (χ2n) is 6.55. The molecule has 0 radical (unpaired) electrons. The minimum atomic E-state index is -0.590. The summed E-state index contributed by atoms with van der Waals surface area (Å²) >= 11 is 4.83. The topological polar surface area (TPSA) is 73.8 Å². The highest BCUT2D eigenvalue weighted by Gasteiger charge is 2.20. The number of aromatic nitrogens is 2. The molecule has 0 aliphatic rings. The number of hydrogen-bond acceptors (Lipinski definition) is 6. The lowest BCUT2D eigenvalue weighted by Gasteiger charge is -2.03. The average molecular weight is 469 g/mol. The fourth-order valence-electron chi connectivity index (χ4n) is 3.29. The molecule has 5 aromatic rings. The van der Waals surface area contributed by atoms with Gasteiger partial charge in [-0.25, -0.2) is 9.78 Å². The number of furan rings is 1. The van der Waals surface area contributed by atoms with Crippen molar-refractivity contribution in [3.8, 4) is 0 Å². The third-order valence-corrected chi connectivity index (χ3v) is 6.20. The third-order valence-electron chi connectivity index (χ3n) is 4.68. The number of para-hydroxylation sites is 1. The van der Waals surface area contributed by atoms with Crippen LogP contribution in [0.15, 0.2) is 62.2 Å². The summed E-state index contributed by atoms with van der Waals surface area (Å²) in [6, 6.07) is 14.5. The molecule has 0 N–H and O–H groups in total. The normalized spacial score (nSPS) is 11.5. The maximum atomic E-state index is 12.6. The summed E-state index contributed by atoms with van der Waals surface area (Å²) in [6.45, 7) is 1.70. The number of aryl methyl sites for hydroxylation is 1. The molecule has 6 nitrogen and oxygen atoms in total. The molecular formula is C21H13BrN2O4S. The maximum absolute atomic E-state index is 12.6. The molecule has 0 saturated heterocycles. The SMILES string of the molecule is Cc1c(C(=O)OCc2cc(=O)n3c(n2)sc2ccccc23)oc2ccc(Br)cc12. The zero-order valence-electron chi connectivity index (χ0n) is 15.1. The second-order valence-corrected chi connectivity index (χ2v) is 8.47. The van der Waals surface area contributed by atoms with Crippen molar-refractivity contribution in [2.24, 2.45) is 0 Å². The Balaban J connectivity index is 1.44. The van der Waals surface area contributed by atoms with Crippen molar-refractivity contribution in [3.63, 3.8) is 0 Å². The van der Waals surface area contributed by atoms with E-state index in [0.717, 1.165) is 20.1 Å². The van der Waals surface area contributed by atoms with Gasteiger partial charge in [-0.3, -0.25) is 9.20 Å². The summed E-state index contributed by atoms with van der Waals surface area (Å²) in [5.41, 5.74) is 2.33. The van der Waals surface area contributed by atoms with Crippen LogP contribution in [0.25, 0.3) is 26.1 Å². The number of nitrogens with zero attached hydrogens (tertiary/aromatic N) is 2. The lowest BCUT2D eigenvalue weighted by atomic mass is 10.1. The van der Waals surface area contributed by atoms with E-state index < -0.39 is 5.97 Å². The van der Waals surface area contributed by atoms with Gasteiger partial charge < -0.3 is 9.15 Å². The number of ether oxygens (including phenoxy) is 1. The van der Waals surface area contributed by atoms with Crippen molar-refractivity contribution in [1.29, 1.82) is 0 Å². The summed E-state index contributed by atoms with van der Waals surface area (Å²) in [7, 11) is 0. The van der Waals surface area contributed by atoms with Crippen LogP contribution in [0.5, 0.6) is 0 Å². The van der Waals surface area contributed by atoms with Gasteiger partial charge in [0.15, 0.2) is 4.96 Å². The van der Waals surface area contributed by atoms with Gasteiger partial charge in [0.1, 0.15) is 12.2 Å². The second kappa shape index (κ2) is 6.82. The third kappa shape index (κ3) is 3.04. The van der Waals surface area contributed by atoms with E-state index in [9.17, 15) is 9.59 Å². The lowest BCUT2D eigenvalue weighted by molar-refractivity contribution is 0.0432. The molecule has 144 valence electrons. The monoisotopic (exact) mass is 468 g/mol. The number of thiazole rings is 1. The quantitative estimate of drug-likeness (QED) is 0.345. The number of esters is 1. The van der Waals surface area contributed by atoms with Crippen LogP contribution in [0.4, 0.5) is 0 Å². The Kier molecular flexibility index (Phi) is 4.25. The van der Waals surface area contributed by atoms with Crippen molar-refractivity contribution < 1.29 is 13.9 Å². The van der Waals surface area contributed by atoms with Crippen molar-refractivity contribution in [2.45, 2.75) is 13.5 Å². The predicted octanol–water partition coefficient (Wildman–Crippen LogP) is 5.08. The van der Waals surface area contributed by atoms with Crippen LogP contribution in [0.3, 0.4) is 0 Å². The fraction of sp³-hybridized carbons (Fsp3) is 0.0952. The summed E-state index contributed by atoms with van der Waals surface area (Å²) in [6.07, 6.45) is 0. The van der Waals surface area contributed by atoms with Gasteiger partial charge in [0.2, 0.25) is 5.76 Å². The standard InChI is InChI=1S/C21H13BrN2O4S/c1-11-14-8-12(22)6-7-16(14)28-19(11)20(26)27-10-13-9-18(25)24-15-4-2-3-5-17(15)29-21(24)23-13/h2-9H,10H2,1H3. The highest BCUT2D eigenvalue weighted by atomic mass is 79.9. The van der Waals surface area contributed by atoms with Gasteiger partial charge in [0, 0.05) is 21.5 Å². The summed E-state index contributed by atoms with van der Waals surface area (Å²) in [4.78, 5) is 30.2. The van der Waals surface area contributed by atoms with Gasteiger partial charge in [-0.15, -0.1) is 0 Å². The van der Waals surface area contributed by atoms with Gasteiger partial charge in [-0.2, -0.15) is 0 Å². The molecule has 8 heteroatoms. The molecule has 0 fully saturated rings. The number of hydrogen-bond donors (Lipinski definition) is 0. The number of carbonyl (C=O) groups excluding carboxylic acids is 1. The highest BCUT2D eigenvalue weighted by molar-refractivity contribution is 9.10. The first-order valence-electron chi connectivity index (χ1n) is 8.77. The number of benzene rings is 2. The summed E-state index contributed by atoms with van der Waals surface area (Å²) < 4.78 is 14.5. The molecule has 0 aliphatic heterocycles. The number of fused-ring (bicyclic) bond motifs is 4. The Hall–Kier alpha value is -2.97. The Bertz CT molecular complexity index is 1480. The van der Waals surface area contributed by atoms with Gasteiger partial charge in [-0.1, -0.05) is 39.4 Å². The van der Waals surface area contributed by atoms with Crippen molar-refractivity contribution in [2.75, 3.05) is 0 Å². The minimum Gasteiger partial charge on any atom is -0.453 e. The molecule has 0 unspecified atom stereocenters. The van der Waals surface area contributed by atoms with Crippen LogP contribution in [0.2, 0.25) is 0 Å². The van der Waals surface area contributed by atoms with E-state index in [2.05, 4.69) is 20.9 Å². The first-order chi connectivity index (χ1) is 14.0. The van der Waals surface area contributed by atoms with E-state index in [1.807, 2.05) is 43.3 Å². The maximum Gasteiger partial charge on any atom is 0.374 e. The Morgan fingerprint density at radius 2 is 2.07 bits per heavy atom. The lowest BCUT2D eigenvalue weighted by Crippen LogP contribution is -2.15. The van der Waals surface area contributed by atoms with Crippen LogP contribution < -0.4 is 5.56 Å². The molecule has 3 aromatic heterocycles. The molecule has 0 aliphatic carbocycles. The first kappa shape index (κ1) is 18.1. The van der Waals surface area contributed by atoms with Gasteiger partial charge in [0.25, 0.3) is 5.56 Å². The fourth-order valence-corrected chi connectivity index (χ4v) is 4.70. The van der Waals surface area contributed by atoms with E-state index in [0.29, 0.717) is 21.8 Å². The summed E-state index contributed by atoms with van der Waals surface area (Å²) in [5, 5.41) is 0.842. The minimum absolute atomic E-state index is 0.112. The van der Waals surface area contributed by atoms with Crippen molar-refractivity contribution >= 4 is 59.4 Å². The largest absolute Gasteiger partial charge is 0.453 e. The first-order valence-corrected chi connectivity index (χ1v) is 10.4. The van der Waals surface area contributed by atoms with E-state index >= 15 is 0 Å². The zero-order valence-corrected chi connectivity index (χ0v) is 17.5. The molecule has 0 amide bonds. The highest BCUT2D eigenvalue weighted by Crippen LogP contribution is 2.29. The molecule has 29 heavy (non-hydrogen) atoms. The number of carbonyl (C=O) groups is 1. The van der Waals surface area contributed by atoms with Crippen LogP contribution in [-0.4, -0.2) is 15.4 Å². The van der Waals surface area contributed by atoms with Crippen molar-refractivity contribution in [1.82, 2.24) is 9.38 Å². The van der Waals surface area contributed by atoms with Crippen LogP contribution in [0.1, 0.15) is 21.8 Å². The average Bonchev–Trinajstić information content (AvgIpc) is 3.24. The molecule has 5 rings (SSSR count). The van der Waals surface area contributed by atoms with E-state index in [4.69, 9.17) is 9.15 Å². The predicted molar refractivity (Wildman–Crippen MR) is 115 cm³/mol. The van der Waals surface area contributed by atoms with E-state index in [-0.39, 0.29) is 17.9 Å². The van der Waals surface area contributed by atoms with Gasteiger partial charge >= 0.3 is 5.97 Å². The molecule has 0 spiro atoms. The molecule has 3 heterocycles. The zero-order chi connectivity index (χ0) is 20.1. The Labute approximate surface area is 176 Å². The smallest absolute Gasteiger partial charge is 0.374 e. The number of halogens is 1. The van der Waals surface area contributed by atoms with E-state index in [1.54, 1.807) is 10.5 Å². The van der Waals surface area contributed by atoms with Crippen LogP contribution in [-0.2, 0) is 11.3 Å². The molecule has 0 bridgehead atoms. The van der Waals surface area contributed by atoms with Crippen LogP contribution >= 0.6 is 27.3 Å². The van der Waals surface area contributed by atoms with Crippen LogP contribution in [0, 0.1) is 6.92 Å². The van der Waals surface area contributed by atoms with Crippen molar-refractivity contribution in [3.05, 3.63) is 80.4 Å². The Morgan fingerprint density at radius 1 is 1.24 bits per heavy atom. The molecule has 0 saturated carbocycles. The van der Waals surface area contributed by atoms with Gasteiger partial charge in [-0.05, 0) is 37.3 Å². The Morgan fingerprint density at radius 3 is 2.93 bits per heavy atom.